The number of hydrogen-bond acceptors (Lipinski definition) is 2. The first-order valence-electron chi connectivity index (χ1n) is 22.3. The van der Waals surface area contributed by atoms with E-state index in [0.717, 1.165) is 17.1 Å². The van der Waals surface area contributed by atoms with Crippen LogP contribution < -0.4 is 4.90 Å². The third-order valence-electron chi connectivity index (χ3n) is 14.3. The topological polar surface area (TPSA) is 3.24 Å². The number of hydrogen-bond donors (Lipinski definition) is 0. The molecule has 0 unspecified atom stereocenters. The van der Waals surface area contributed by atoms with Gasteiger partial charge >= 0.3 is 0 Å². The quantitative estimate of drug-likeness (QED) is 0.161. The molecule has 64 heavy (non-hydrogen) atoms. The molecule has 10 aromatic carbocycles. The van der Waals surface area contributed by atoms with Gasteiger partial charge in [-0.25, -0.2) is 0 Å². The first-order chi connectivity index (χ1) is 31.5. The van der Waals surface area contributed by atoms with Crippen molar-refractivity contribution in [2.45, 2.75) is 24.7 Å². The molecular formula is C62H43NS. The molecular weight excluding hydrogens is 791 g/mol. The molecule has 2 aliphatic rings. The lowest BCUT2D eigenvalue weighted by molar-refractivity contribution is 0.661. The van der Waals surface area contributed by atoms with Gasteiger partial charge in [0, 0.05) is 42.6 Å². The van der Waals surface area contributed by atoms with Crippen LogP contribution in [-0.4, -0.2) is 0 Å². The van der Waals surface area contributed by atoms with Crippen molar-refractivity contribution in [3.8, 4) is 33.4 Å². The van der Waals surface area contributed by atoms with Gasteiger partial charge in [-0.05, 0) is 126 Å². The van der Waals surface area contributed by atoms with E-state index in [2.05, 4.69) is 243 Å². The van der Waals surface area contributed by atoms with Crippen LogP contribution in [0.3, 0.4) is 0 Å². The molecule has 0 spiro atoms. The predicted octanol–water partition coefficient (Wildman–Crippen LogP) is 17.0. The molecule has 0 bridgehead atoms. The number of thiophene rings is 1. The largest absolute Gasteiger partial charge is 0.310 e. The average Bonchev–Trinajstić information content (AvgIpc) is 3.95. The standard InChI is InChI=1S/C62H43NS/c1-61(2)53-37-46(33-35-50(53)59-55(61)39-57-60(51-27-15-17-29-56(51)64-57)58(59)41-19-6-3-7-20-41)63(45-31-30-40-18-12-13-21-42(40)36-45)47-32-34-49-48-26-14-16-28-52(48)62(54(49)38-47,43-22-8-4-9-23-43)44-24-10-5-11-25-44/h3-39H,1-2H3. The predicted molar refractivity (Wildman–Crippen MR) is 272 cm³/mol. The average molecular weight is 834 g/mol. The molecule has 11 aromatic rings. The fourth-order valence-electron chi connectivity index (χ4n) is 11.4. The number of nitrogens with zero attached hydrogens (tertiary/aromatic N) is 1. The summed E-state index contributed by atoms with van der Waals surface area (Å²) in [6, 6.07) is 83.9. The van der Waals surface area contributed by atoms with Gasteiger partial charge in [0.1, 0.15) is 0 Å². The van der Waals surface area contributed by atoms with E-state index in [1.165, 1.54) is 97.7 Å². The van der Waals surface area contributed by atoms with Crippen molar-refractivity contribution in [3.05, 3.63) is 258 Å². The highest BCUT2D eigenvalue weighted by Crippen LogP contribution is 2.59. The molecule has 1 aromatic heterocycles. The number of fused-ring (bicyclic) bond motifs is 10. The third kappa shape index (κ3) is 5.24. The van der Waals surface area contributed by atoms with Gasteiger partial charge in [-0.15, -0.1) is 11.3 Å². The SMILES string of the molecule is CC1(C)c2cc(N(c3ccc4c(c3)C(c3ccccc3)(c3ccccc3)c3ccccc3-4)c3ccc4ccccc4c3)ccc2-c2c1cc1sc3ccccc3c1c2-c1ccccc1. The van der Waals surface area contributed by atoms with Crippen LogP contribution in [0.2, 0.25) is 0 Å². The highest BCUT2D eigenvalue weighted by atomic mass is 32.1. The Morgan fingerprint density at radius 2 is 0.938 bits per heavy atom. The Bertz CT molecular complexity index is 3600. The normalized spacial score (nSPS) is 14.0. The van der Waals surface area contributed by atoms with Crippen molar-refractivity contribution in [1.82, 2.24) is 0 Å². The first-order valence-corrected chi connectivity index (χ1v) is 23.2. The van der Waals surface area contributed by atoms with E-state index >= 15 is 0 Å². The lowest BCUT2D eigenvalue weighted by atomic mass is 9.67. The van der Waals surface area contributed by atoms with Crippen LogP contribution in [0, 0.1) is 0 Å². The zero-order valence-corrected chi connectivity index (χ0v) is 36.5. The Morgan fingerprint density at radius 1 is 0.375 bits per heavy atom. The fourth-order valence-corrected chi connectivity index (χ4v) is 12.6. The molecule has 0 saturated heterocycles. The van der Waals surface area contributed by atoms with Crippen molar-refractivity contribution in [2.24, 2.45) is 0 Å². The van der Waals surface area contributed by atoms with Crippen LogP contribution >= 0.6 is 11.3 Å². The third-order valence-corrected chi connectivity index (χ3v) is 15.4. The second kappa shape index (κ2) is 14.0. The minimum atomic E-state index is -0.508. The molecule has 1 nitrogen and oxygen atoms in total. The first kappa shape index (κ1) is 37.1. The van der Waals surface area contributed by atoms with Crippen LogP contribution in [0.5, 0.6) is 0 Å². The molecule has 0 radical (unpaired) electrons. The van der Waals surface area contributed by atoms with E-state index in [0.29, 0.717) is 0 Å². The number of rotatable bonds is 6. The van der Waals surface area contributed by atoms with Crippen LogP contribution in [0.1, 0.15) is 47.2 Å². The summed E-state index contributed by atoms with van der Waals surface area (Å²) in [6.45, 7) is 4.85. The van der Waals surface area contributed by atoms with Crippen molar-refractivity contribution in [2.75, 3.05) is 4.90 Å². The minimum absolute atomic E-state index is 0.251. The smallest absolute Gasteiger partial charge is 0.0714 e. The molecule has 1 heterocycles. The lowest BCUT2D eigenvalue weighted by Crippen LogP contribution is -2.28. The Balaban J connectivity index is 1.07. The summed E-state index contributed by atoms with van der Waals surface area (Å²) in [5.41, 5.74) is 18.4. The summed E-state index contributed by atoms with van der Waals surface area (Å²) in [5, 5.41) is 5.13. The lowest BCUT2D eigenvalue weighted by Gasteiger charge is -2.35. The molecule has 13 rings (SSSR count). The summed E-state index contributed by atoms with van der Waals surface area (Å²) in [6.07, 6.45) is 0. The number of anilines is 3. The Labute approximate surface area is 378 Å². The van der Waals surface area contributed by atoms with Gasteiger partial charge < -0.3 is 4.90 Å². The summed E-state index contributed by atoms with van der Waals surface area (Å²) < 4.78 is 2.68. The molecule has 302 valence electrons. The fraction of sp³-hybridized carbons (Fsp3) is 0.0645. The van der Waals surface area contributed by atoms with Gasteiger partial charge in [0.2, 0.25) is 0 Å². The van der Waals surface area contributed by atoms with Crippen LogP contribution in [0.4, 0.5) is 17.1 Å². The Morgan fingerprint density at radius 3 is 1.69 bits per heavy atom. The molecule has 0 amide bonds. The van der Waals surface area contributed by atoms with Crippen molar-refractivity contribution in [3.63, 3.8) is 0 Å². The van der Waals surface area contributed by atoms with Gasteiger partial charge in [0.25, 0.3) is 0 Å². The molecule has 0 atom stereocenters. The summed E-state index contributed by atoms with van der Waals surface area (Å²) >= 11 is 1.91. The molecule has 2 aliphatic carbocycles. The summed E-state index contributed by atoms with van der Waals surface area (Å²) in [5.74, 6) is 0. The van der Waals surface area contributed by atoms with E-state index in [1.807, 2.05) is 11.3 Å². The molecule has 0 aliphatic heterocycles. The zero-order chi connectivity index (χ0) is 42.6. The number of benzene rings is 10. The van der Waals surface area contributed by atoms with E-state index in [-0.39, 0.29) is 5.41 Å². The monoisotopic (exact) mass is 833 g/mol. The zero-order valence-electron chi connectivity index (χ0n) is 35.7. The highest BCUT2D eigenvalue weighted by Gasteiger charge is 2.46. The molecule has 0 fully saturated rings. The maximum atomic E-state index is 2.51. The summed E-state index contributed by atoms with van der Waals surface area (Å²) in [4.78, 5) is 2.50. The van der Waals surface area contributed by atoms with Gasteiger partial charge in [-0.2, -0.15) is 0 Å². The second-order valence-electron chi connectivity index (χ2n) is 18.0. The van der Waals surface area contributed by atoms with Gasteiger partial charge in [0.05, 0.1) is 5.41 Å². The Hall–Kier alpha value is -7.52. The Kier molecular flexibility index (Phi) is 8.11. The van der Waals surface area contributed by atoms with E-state index in [9.17, 15) is 0 Å². The van der Waals surface area contributed by atoms with Crippen LogP contribution in [-0.2, 0) is 10.8 Å². The van der Waals surface area contributed by atoms with E-state index in [4.69, 9.17) is 0 Å². The highest BCUT2D eigenvalue weighted by molar-refractivity contribution is 7.26. The minimum Gasteiger partial charge on any atom is -0.310 e. The van der Waals surface area contributed by atoms with Crippen LogP contribution in [0.25, 0.3) is 64.3 Å². The van der Waals surface area contributed by atoms with E-state index < -0.39 is 5.41 Å². The maximum absolute atomic E-state index is 2.51. The molecule has 2 heteroatoms. The van der Waals surface area contributed by atoms with Crippen molar-refractivity contribution >= 4 is 59.3 Å². The second-order valence-corrected chi connectivity index (χ2v) is 19.1. The molecule has 0 saturated carbocycles. The molecule has 0 N–H and O–H groups in total. The van der Waals surface area contributed by atoms with Crippen molar-refractivity contribution in [1.29, 1.82) is 0 Å². The van der Waals surface area contributed by atoms with Gasteiger partial charge in [0.15, 0.2) is 0 Å². The van der Waals surface area contributed by atoms with E-state index in [1.54, 1.807) is 0 Å². The van der Waals surface area contributed by atoms with Gasteiger partial charge in [-0.3, -0.25) is 0 Å². The summed E-state index contributed by atoms with van der Waals surface area (Å²) in [7, 11) is 0. The maximum Gasteiger partial charge on any atom is 0.0714 e. The van der Waals surface area contributed by atoms with Crippen molar-refractivity contribution < 1.29 is 0 Å². The van der Waals surface area contributed by atoms with Gasteiger partial charge in [-0.1, -0.05) is 190 Å². The van der Waals surface area contributed by atoms with Crippen LogP contribution in [0.15, 0.2) is 224 Å².